The average Bonchev–Trinajstić information content (AvgIpc) is 3.16. The van der Waals surface area contributed by atoms with Crippen molar-refractivity contribution in [1.82, 2.24) is 19.4 Å². The lowest BCUT2D eigenvalue weighted by atomic mass is 9.99. The molecule has 2 aromatic heterocycles. The van der Waals surface area contributed by atoms with Crippen molar-refractivity contribution in [2.45, 2.75) is 39.8 Å². The molecule has 0 spiro atoms. The van der Waals surface area contributed by atoms with Gasteiger partial charge in [-0.15, -0.1) is 11.3 Å². The number of piperidine rings is 1. The van der Waals surface area contributed by atoms with E-state index in [0.717, 1.165) is 31.2 Å². The maximum Gasteiger partial charge on any atom is 0.262 e. The highest BCUT2D eigenvalue weighted by Crippen LogP contribution is 2.22. The molecule has 1 fully saturated rings. The molecule has 1 aliphatic rings. The van der Waals surface area contributed by atoms with E-state index in [1.54, 1.807) is 18.2 Å². The number of carbonyl (C=O) groups excluding carboxylic acids is 1. The lowest BCUT2D eigenvalue weighted by Gasteiger charge is -2.29. The third-order valence-electron chi connectivity index (χ3n) is 5.59. The summed E-state index contributed by atoms with van der Waals surface area (Å²) in [6.07, 6.45) is 2.45. The van der Waals surface area contributed by atoms with E-state index in [0.29, 0.717) is 32.9 Å². The molecular weight excluding hydrogens is 418 g/mol. The predicted molar refractivity (Wildman–Crippen MR) is 123 cm³/mol. The van der Waals surface area contributed by atoms with E-state index in [9.17, 15) is 9.59 Å². The van der Waals surface area contributed by atoms with Gasteiger partial charge in [0, 0.05) is 24.0 Å². The lowest BCUT2D eigenvalue weighted by Crippen LogP contribution is -2.32. The molecule has 0 aliphatic carbocycles. The molecule has 1 aromatic carbocycles. The fourth-order valence-corrected chi connectivity index (χ4v) is 4.76. The average molecular weight is 444 g/mol. The van der Waals surface area contributed by atoms with Gasteiger partial charge in [-0.2, -0.15) is 0 Å². The van der Waals surface area contributed by atoms with Gasteiger partial charge in [0.2, 0.25) is 0 Å². The second kappa shape index (κ2) is 8.79. The summed E-state index contributed by atoms with van der Waals surface area (Å²) in [6, 6.07) is 4.97. The van der Waals surface area contributed by atoms with Crippen molar-refractivity contribution in [3.8, 4) is 0 Å². The molecule has 0 unspecified atom stereocenters. The minimum atomic E-state index is -0.261. The molecule has 3 aromatic rings. The molecular formula is C21H25N5O2S2. The van der Waals surface area contributed by atoms with Crippen molar-refractivity contribution in [2.75, 3.05) is 18.4 Å². The number of thiazole rings is 1. The van der Waals surface area contributed by atoms with Crippen LogP contribution in [0.4, 0.5) is 5.13 Å². The Balaban J connectivity index is 1.47. The number of anilines is 1. The zero-order chi connectivity index (χ0) is 21.3. The van der Waals surface area contributed by atoms with Gasteiger partial charge >= 0.3 is 0 Å². The zero-order valence-corrected chi connectivity index (χ0v) is 18.7. The van der Waals surface area contributed by atoms with Crippen LogP contribution in [0.5, 0.6) is 0 Å². The number of nitrogens with zero attached hydrogens (tertiary/aromatic N) is 3. The quantitative estimate of drug-likeness (QED) is 0.582. The number of amides is 1. The number of hydrogen-bond acceptors (Lipinski definition) is 6. The van der Waals surface area contributed by atoms with E-state index in [1.807, 2.05) is 12.3 Å². The SMILES string of the molecule is CCn1c(=S)[nH]c2cc(C(=O)Nc3nc(CN4CCC(C)CC4)cs3)ccc2c1=O. The fourth-order valence-electron chi connectivity index (χ4n) is 3.74. The number of likely N-dealkylation sites (tertiary alicyclic amines) is 1. The summed E-state index contributed by atoms with van der Waals surface area (Å²) in [5, 5.41) is 5.95. The molecule has 0 radical (unpaired) electrons. The first-order chi connectivity index (χ1) is 14.4. The fraction of sp³-hybridized carbons (Fsp3) is 0.429. The second-order valence-corrected chi connectivity index (χ2v) is 9.04. The highest BCUT2D eigenvalue weighted by atomic mass is 32.1. The van der Waals surface area contributed by atoms with E-state index in [4.69, 9.17) is 12.2 Å². The number of carbonyl (C=O) groups is 1. The summed E-state index contributed by atoms with van der Waals surface area (Å²) >= 11 is 6.68. The first-order valence-electron chi connectivity index (χ1n) is 10.2. The Morgan fingerprint density at radius 1 is 1.37 bits per heavy atom. The van der Waals surface area contributed by atoms with Crippen molar-refractivity contribution in [3.63, 3.8) is 0 Å². The van der Waals surface area contributed by atoms with Crippen molar-refractivity contribution >= 4 is 45.5 Å². The van der Waals surface area contributed by atoms with Gasteiger partial charge in [0.25, 0.3) is 11.5 Å². The smallest absolute Gasteiger partial charge is 0.262 e. The summed E-state index contributed by atoms with van der Waals surface area (Å²) < 4.78 is 1.85. The van der Waals surface area contributed by atoms with Gasteiger partial charge in [-0.25, -0.2) is 4.98 Å². The molecule has 2 N–H and O–H groups in total. The Labute approximate surface area is 183 Å². The van der Waals surface area contributed by atoms with E-state index >= 15 is 0 Å². The molecule has 7 nitrogen and oxygen atoms in total. The first kappa shape index (κ1) is 20.9. The Hall–Kier alpha value is -2.36. The van der Waals surface area contributed by atoms with Crippen molar-refractivity contribution in [2.24, 2.45) is 5.92 Å². The Morgan fingerprint density at radius 3 is 2.87 bits per heavy atom. The molecule has 0 atom stereocenters. The maximum atomic E-state index is 12.7. The number of nitrogens with one attached hydrogen (secondary N) is 2. The van der Waals surface area contributed by atoms with E-state index in [1.165, 1.54) is 28.7 Å². The van der Waals surface area contributed by atoms with Crippen molar-refractivity contribution in [1.29, 1.82) is 0 Å². The summed E-state index contributed by atoms with van der Waals surface area (Å²) in [7, 11) is 0. The second-order valence-electron chi connectivity index (χ2n) is 7.80. The molecule has 1 aliphatic heterocycles. The minimum Gasteiger partial charge on any atom is -0.332 e. The maximum absolute atomic E-state index is 12.7. The molecule has 3 heterocycles. The van der Waals surface area contributed by atoms with E-state index in [-0.39, 0.29) is 11.5 Å². The molecule has 4 rings (SSSR count). The van der Waals surface area contributed by atoms with E-state index < -0.39 is 0 Å². The highest BCUT2D eigenvalue weighted by Gasteiger charge is 2.17. The Bertz CT molecular complexity index is 1190. The van der Waals surface area contributed by atoms with Crippen LogP contribution in [0.2, 0.25) is 0 Å². The van der Waals surface area contributed by atoms with Crippen LogP contribution in [0.3, 0.4) is 0 Å². The summed E-state index contributed by atoms with van der Waals surface area (Å²) in [5.41, 5.74) is 1.83. The molecule has 1 amide bonds. The molecule has 1 saturated heterocycles. The van der Waals surface area contributed by atoms with Crippen molar-refractivity contribution < 1.29 is 4.79 Å². The zero-order valence-electron chi connectivity index (χ0n) is 17.1. The number of benzene rings is 1. The highest BCUT2D eigenvalue weighted by molar-refractivity contribution is 7.71. The van der Waals surface area contributed by atoms with Gasteiger partial charge in [-0.05, 0) is 69.2 Å². The number of rotatable bonds is 5. The summed E-state index contributed by atoms with van der Waals surface area (Å²) in [4.78, 5) is 35.2. The minimum absolute atomic E-state index is 0.153. The summed E-state index contributed by atoms with van der Waals surface area (Å²) in [5.74, 6) is 0.538. The van der Waals surface area contributed by atoms with Gasteiger partial charge in [0.1, 0.15) is 0 Å². The van der Waals surface area contributed by atoms with Crippen molar-refractivity contribution in [3.05, 3.63) is 50.0 Å². The van der Waals surface area contributed by atoms with Gasteiger partial charge in [0.05, 0.1) is 16.6 Å². The summed E-state index contributed by atoms with van der Waals surface area (Å²) in [6.45, 7) is 7.67. The standard InChI is InChI=1S/C21H25N5O2S2/c1-3-26-19(28)16-5-4-14(10-17(16)23-21(26)29)18(27)24-20-22-15(12-30-20)11-25-8-6-13(2)7-9-25/h4-5,10,12-13H,3,6-9,11H2,1-2H3,(H,23,29)(H,22,24,27). The third-order valence-corrected chi connectivity index (χ3v) is 6.72. The molecule has 9 heteroatoms. The molecule has 158 valence electrons. The van der Waals surface area contributed by atoms with Crippen LogP contribution >= 0.6 is 23.6 Å². The van der Waals surface area contributed by atoms with Gasteiger partial charge in [0.15, 0.2) is 9.90 Å². The van der Waals surface area contributed by atoms with Crippen LogP contribution in [-0.2, 0) is 13.1 Å². The number of fused-ring (bicyclic) bond motifs is 1. The third kappa shape index (κ3) is 4.38. The number of aromatic nitrogens is 3. The Morgan fingerprint density at radius 2 is 2.13 bits per heavy atom. The Kier molecular flexibility index (Phi) is 6.12. The first-order valence-corrected chi connectivity index (χ1v) is 11.5. The van der Waals surface area contributed by atoms with Crippen LogP contribution in [0.25, 0.3) is 10.9 Å². The monoisotopic (exact) mass is 443 g/mol. The number of H-pyrrole nitrogens is 1. The van der Waals surface area contributed by atoms with Crippen LogP contribution in [0.1, 0.15) is 42.7 Å². The predicted octanol–water partition coefficient (Wildman–Crippen LogP) is 4.02. The number of aromatic amines is 1. The molecule has 30 heavy (non-hydrogen) atoms. The largest absolute Gasteiger partial charge is 0.332 e. The number of hydrogen-bond donors (Lipinski definition) is 2. The lowest BCUT2D eigenvalue weighted by molar-refractivity contribution is 0.102. The molecule has 0 bridgehead atoms. The van der Waals surface area contributed by atoms with E-state index in [2.05, 4.69) is 27.1 Å². The van der Waals surface area contributed by atoms with Crippen LogP contribution < -0.4 is 10.9 Å². The topological polar surface area (TPSA) is 83.0 Å². The van der Waals surface area contributed by atoms with Gasteiger partial charge in [-0.1, -0.05) is 6.92 Å². The van der Waals surface area contributed by atoms with Crippen LogP contribution in [0.15, 0.2) is 28.4 Å². The van der Waals surface area contributed by atoms with Crippen LogP contribution in [0, 0.1) is 10.7 Å². The van der Waals surface area contributed by atoms with Gasteiger partial charge in [-0.3, -0.25) is 24.4 Å². The molecule has 0 saturated carbocycles. The van der Waals surface area contributed by atoms with Gasteiger partial charge < -0.3 is 4.98 Å². The normalized spacial score (nSPS) is 15.5. The van der Waals surface area contributed by atoms with Crippen LogP contribution in [-0.4, -0.2) is 38.4 Å².